The summed E-state index contributed by atoms with van der Waals surface area (Å²) < 4.78 is 5.55. The van der Waals surface area contributed by atoms with Crippen molar-refractivity contribution in [1.82, 2.24) is 10.6 Å². The number of carbonyl (C=O) groups is 3. The number of hydrogen-bond acceptors (Lipinski definition) is 5. The molecule has 0 unspecified atom stereocenters. The van der Waals surface area contributed by atoms with Gasteiger partial charge in [0.25, 0.3) is 0 Å². The van der Waals surface area contributed by atoms with E-state index in [4.69, 9.17) is 9.84 Å². The van der Waals surface area contributed by atoms with Crippen molar-refractivity contribution >= 4 is 17.8 Å². The maximum absolute atomic E-state index is 12.8. The molecule has 0 spiro atoms. The Balaban J connectivity index is 2.69. The molecule has 1 aromatic rings. The number of amides is 2. The van der Waals surface area contributed by atoms with Crippen LogP contribution in [-0.2, 0) is 25.5 Å². The lowest BCUT2D eigenvalue weighted by atomic mass is 9.96. The van der Waals surface area contributed by atoms with E-state index in [1.165, 1.54) is 0 Å². The molecule has 0 saturated carbocycles. The number of nitrogens with one attached hydrogen (secondary N) is 2. The zero-order valence-corrected chi connectivity index (χ0v) is 20.0. The predicted molar refractivity (Wildman–Crippen MR) is 129 cm³/mol. The fourth-order valence-electron chi connectivity index (χ4n) is 3.29. The molecule has 3 N–H and O–H groups in total. The van der Waals surface area contributed by atoms with Crippen LogP contribution >= 0.6 is 0 Å². The highest BCUT2D eigenvalue weighted by atomic mass is 16.5. The van der Waals surface area contributed by atoms with Crippen molar-refractivity contribution in [1.29, 1.82) is 0 Å². The van der Waals surface area contributed by atoms with Crippen LogP contribution in [0.25, 0.3) is 0 Å². The topological polar surface area (TPSA) is 105 Å². The molecular formula is C26H38N2O5. The lowest BCUT2D eigenvalue weighted by Crippen LogP contribution is -2.50. The Morgan fingerprint density at radius 1 is 1.09 bits per heavy atom. The summed E-state index contributed by atoms with van der Waals surface area (Å²) in [4.78, 5) is 37.7. The standard InChI is InChI=1S/C26H38N2O5/c1-6-11-21(16-23(30)27-19(3)17-29)24(31)28-26(4,5)18-33-25(32)22(12-7-2)15-20-13-9-8-10-14-20/h6-10,13-14,19,21-22,29H,1-2,11-12,15-18H2,3-5H3,(H,27,30)(H,28,31)/t19-,21-,22+/m1/s1. The van der Waals surface area contributed by atoms with Crippen LogP contribution in [0.4, 0.5) is 0 Å². The van der Waals surface area contributed by atoms with Crippen molar-refractivity contribution < 1.29 is 24.2 Å². The first-order valence-electron chi connectivity index (χ1n) is 11.3. The van der Waals surface area contributed by atoms with E-state index in [-0.39, 0.29) is 49.4 Å². The van der Waals surface area contributed by atoms with E-state index in [2.05, 4.69) is 23.8 Å². The minimum atomic E-state index is -0.827. The average Bonchev–Trinajstić information content (AvgIpc) is 2.77. The van der Waals surface area contributed by atoms with Gasteiger partial charge in [-0.05, 0) is 45.6 Å². The molecule has 3 atom stereocenters. The molecular weight excluding hydrogens is 420 g/mol. The molecule has 0 aliphatic rings. The van der Waals surface area contributed by atoms with Crippen LogP contribution in [0.3, 0.4) is 0 Å². The summed E-state index contributed by atoms with van der Waals surface area (Å²) in [5.74, 6) is -1.97. The SMILES string of the molecule is C=CC[C@H](CC(=O)N[C@H](C)CO)C(=O)NC(C)(C)COC(=O)[C@@H](CC=C)Cc1ccccc1. The summed E-state index contributed by atoms with van der Waals surface area (Å²) in [7, 11) is 0. The third-order valence-corrected chi connectivity index (χ3v) is 5.08. The molecule has 0 heterocycles. The molecule has 0 saturated heterocycles. The second-order valence-corrected chi connectivity index (χ2v) is 8.97. The van der Waals surface area contributed by atoms with Crippen LogP contribution in [0, 0.1) is 11.8 Å². The maximum atomic E-state index is 12.8. The van der Waals surface area contributed by atoms with Crippen LogP contribution < -0.4 is 10.6 Å². The lowest BCUT2D eigenvalue weighted by Gasteiger charge is -2.29. The van der Waals surface area contributed by atoms with Crippen LogP contribution in [0.1, 0.15) is 45.6 Å². The number of benzene rings is 1. The fraction of sp³-hybridized carbons (Fsp3) is 0.500. The van der Waals surface area contributed by atoms with Crippen molar-refractivity contribution in [3.63, 3.8) is 0 Å². The van der Waals surface area contributed by atoms with Gasteiger partial charge in [-0.15, -0.1) is 13.2 Å². The van der Waals surface area contributed by atoms with Gasteiger partial charge in [-0.2, -0.15) is 0 Å². The minimum absolute atomic E-state index is 0.00540. The van der Waals surface area contributed by atoms with Gasteiger partial charge < -0.3 is 20.5 Å². The van der Waals surface area contributed by atoms with Gasteiger partial charge in [0.05, 0.1) is 24.0 Å². The molecule has 1 rings (SSSR count). The summed E-state index contributed by atoms with van der Waals surface area (Å²) >= 11 is 0. The van der Waals surface area contributed by atoms with Crippen molar-refractivity contribution in [3.8, 4) is 0 Å². The molecule has 0 fully saturated rings. The van der Waals surface area contributed by atoms with Gasteiger partial charge in [0, 0.05) is 12.5 Å². The third kappa shape index (κ3) is 11.0. The van der Waals surface area contributed by atoms with E-state index in [0.717, 1.165) is 5.56 Å². The fourth-order valence-corrected chi connectivity index (χ4v) is 3.29. The molecule has 0 aliphatic heterocycles. The number of carbonyl (C=O) groups excluding carboxylic acids is 3. The van der Waals surface area contributed by atoms with E-state index in [0.29, 0.717) is 19.3 Å². The normalized spacial score (nSPS) is 13.8. The molecule has 7 nitrogen and oxygen atoms in total. The summed E-state index contributed by atoms with van der Waals surface area (Å²) in [6.07, 6.45) is 4.61. The molecule has 7 heteroatoms. The summed E-state index contributed by atoms with van der Waals surface area (Å²) in [5.41, 5.74) is 0.210. The predicted octanol–water partition coefficient (Wildman–Crippen LogP) is 2.94. The summed E-state index contributed by atoms with van der Waals surface area (Å²) in [5, 5.41) is 14.6. The smallest absolute Gasteiger partial charge is 0.309 e. The van der Waals surface area contributed by atoms with Gasteiger partial charge in [-0.3, -0.25) is 14.4 Å². The average molecular weight is 459 g/mol. The Bertz CT molecular complexity index is 791. The molecule has 2 amide bonds. The van der Waals surface area contributed by atoms with Crippen molar-refractivity contribution in [2.45, 2.75) is 58.0 Å². The van der Waals surface area contributed by atoms with Crippen molar-refractivity contribution in [2.24, 2.45) is 11.8 Å². The number of ether oxygens (including phenoxy) is 1. The minimum Gasteiger partial charge on any atom is -0.463 e. The van der Waals surface area contributed by atoms with E-state index in [1.54, 1.807) is 32.9 Å². The van der Waals surface area contributed by atoms with Gasteiger partial charge in [-0.1, -0.05) is 42.5 Å². The Morgan fingerprint density at radius 3 is 2.27 bits per heavy atom. The quantitative estimate of drug-likeness (QED) is 0.277. The first-order chi connectivity index (χ1) is 15.6. The summed E-state index contributed by atoms with van der Waals surface area (Å²) in [6, 6.07) is 9.31. The van der Waals surface area contributed by atoms with Crippen LogP contribution in [0.2, 0.25) is 0 Å². The van der Waals surface area contributed by atoms with Crippen LogP contribution in [0.5, 0.6) is 0 Å². The number of aliphatic hydroxyl groups is 1. The molecule has 0 aliphatic carbocycles. The van der Waals surface area contributed by atoms with Gasteiger partial charge in [0.15, 0.2) is 0 Å². The number of esters is 1. The van der Waals surface area contributed by atoms with Crippen LogP contribution in [0.15, 0.2) is 55.6 Å². The van der Waals surface area contributed by atoms with Gasteiger partial charge in [-0.25, -0.2) is 0 Å². The van der Waals surface area contributed by atoms with Gasteiger partial charge >= 0.3 is 5.97 Å². The highest BCUT2D eigenvalue weighted by Gasteiger charge is 2.29. The summed E-state index contributed by atoms with van der Waals surface area (Å²) in [6.45, 7) is 12.4. The molecule has 0 radical (unpaired) electrons. The van der Waals surface area contributed by atoms with Gasteiger partial charge in [0.1, 0.15) is 6.61 Å². The molecule has 182 valence electrons. The molecule has 0 aromatic heterocycles. The number of allylic oxidation sites excluding steroid dienone is 2. The largest absolute Gasteiger partial charge is 0.463 e. The molecule has 1 aromatic carbocycles. The first kappa shape index (κ1) is 28.1. The van der Waals surface area contributed by atoms with Crippen LogP contribution in [-0.4, -0.2) is 47.7 Å². The second kappa shape index (κ2) is 14.3. The zero-order chi connectivity index (χ0) is 24.9. The molecule has 0 bridgehead atoms. The Labute approximate surface area is 197 Å². The first-order valence-corrected chi connectivity index (χ1v) is 11.3. The van der Waals surface area contributed by atoms with Crippen molar-refractivity contribution in [3.05, 3.63) is 61.2 Å². The number of aliphatic hydroxyl groups excluding tert-OH is 1. The Morgan fingerprint density at radius 2 is 1.70 bits per heavy atom. The Hall–Kier alpha value is -2.93. The highest BCUT2D eigenvalue weighted by molar-refractivity contribution is 5.86. The zero-order valence-electron chi connectivity index (χ0n) is 20.0. The van der Waals surface area contributed by atoms with E-state index in [9.17, 15) is 14.4 Å². The number of rotatable bonds is 15. The maximum Gasteiger partial charge on any atom is 0.309 e. The lowest BCUT2D eigenvalue weighted by molar-refractivity contribution is -0.151. The third-order valence-electron chi connectivity index (χ3n) is 5.08. The highest BCUT2D eigenvalue weighted by Crippen LogP contribution is 2.17. The number of hydrogen-bond donors (Lipinski definition) is 3. The van der Waals surface area contributed by atoms with E-state index >= 15 is 0 Å². The Kier molecular flexibility index (Phi) is 12.1. The van der Waals surface area contributed by atoms with Gasteiger partial charge in [0.2, 0.25) is 11.8 Å². The second-order valence-electron chi connectivity index (χ2n) is 8.97. The monoisotopic (exact) mass is 458 g/mol. The van der Waals surface area contributed by atoms with Crippen molar-refractivity contribution in [2.75, 3.05) is 13.2 Å². The van der Waals surface area contributed by atoms with E-state index in [1.807, 2.05) is 30.3 Å². The molecule has 33 heavy (non-hydrogen) atoms. The van der Waals surface area contributed by atoms with E-state index < -0.39 is 11.5 Å².